The summed E-state index contributed by atoms with van der Waals surface area (Å²) < 4.78 is 4.95. The van der Waals surface area contributed by atoms with Gasteiger partial charge in [-0.2, -0.15) is 11.8 Å². The third kappa shape index (κ3) is 2.55. The normalized spacial score (nSPS) is 25.9. The van der Waals surface area contributed by atoms with Gasteiger partial charge in [0.15, 0.2) is 0 Å². The van der Waals surface area contributed by atoms with Gasteiger partial charge in [0.25, 0.3) is 0 Å². The Balaban J connectivity index is 1.74. The average Bonchev–Trinajstić information content (AvgIpc) is 2.51. The monoisotopic (exact) mass is 134 g/mol. The molecular weight excluding hydrogens is 124 g/mol. The molecule has 1 N–H and O–H groups in total. The molecular formula is C5H10O2S. The molecule has 0 aromatic heterocycles. The second-order valence-corrected chi connectivity index (χ2v) is 2.90. The van der Waals surface area contributed by atoms with Crippen LogP contribution >= 0.6 is 11.8 Å². The predicted octanol–water partition coefficient (Wildman–Crippen LogP) is 0.111. The van der Waals surface area contributed by atoms with Crippen molar-refractivity contribution < 1.29 is 9.84 Å². The highest BCUT2D eigenvalue weighted by atomic mass is 32.2. The fraction of sp³-hybridized carbons (Fsp3) is 1.00. The van der Waals surface area contributed by atoms with Crippen molar-refractivity contribution in [1.82, 2.24) is 0 Å². The highest BCUT2D eigenvalue weighted by molar-refractivity contribution is 7.99. The van der Waals surface area contributed by atoms with Crippen LogP contribution in [0.25, 0.3) is 0 Å². The zero-order chi connectivity index (χ0) is 5.82. The number of thioether (sulfide) groups is 1. The molecule has 1 rings (SSSR count). The third-order valence-electron chi connectivity index (χ3n) is 0.942. The Morgan fingerprint density at radius 1 is 1.75 bits per heavy atom. The molecule has 1 aliphatic rings. The summed E-state index contributed by atoms with van der Waals surface area (Å²) >= 11 is 1.75. The van der Waals surface area contributed by atoms with E-state index in [-0.39, 0.29) is 6.61 Å². The molecule has 8 heavy (non-hydrogen) atoms. The lowest BCUT2D eigenvalue weighted by molar-refractivity contribution is 0.322. The van der Waals surface area contributed by atoms with Gasteiger partial charge in [-0.15, -0.1) is 0 Å². The van der Waals surface area contributed by atoms with E-state index >= 15 is 0 Å². The summed E-state index contributed by atoms with van der Waals surface area (Å²) in [4.78, 5) is 0. The van der Waals surface area contributed by atoms with Crippen LogP contribution in [0.5, 0.6) is 0 Å². The van der Waals surface area contributed by atoms with E-state index in [0.717, 1.165) is 18.1 Å². The van der Waals surface area contributed by atoms with E-state index < -0.39 is 0 Å². The van der Waals surface area contributed by atoms with E-state index in [2.05, 4.69) is 0 Å². The summed E-state index contributed by atoms with van der Waals surface area (Å²) in [6.45, 7) is 1.22. The second-order valence-electron chi connectivity index (χ2n) is 1.75. The molecule has 0 spiro atoms. The van der Waals surface area contributed by atoms with Crippen LogP contribution in [0.1, 0.15) is 0 Å². The zero-order valence-electron chi connectivity index (χ0n) is 4.67. The summed E-state index contributed by atoms with van der Waals surface area (Å²) in [6.07, 6.45) is 0.506. The molecule has 1 atom stereocenters. The number of hydrogen-bond donors (Lipinski definition) is 1. The van der Waals surface area contributed by atoms with Crippen molar-refractivity contribution in [3.05, 3.63) is 0 Å². The topological polar surface area (TPSA) is 32.8 Å². The van der Waals surface area contributed by atoms with Crippen LogP contribution in [0.15, 0.2) is 0 Å². The van der Waals surface area contributed by atoms with Gasteiger partial charge in [-0.05, 0) is 0 Å². The number of ether oxygens (including phenoxy) is 1. The highest BCUT2D eigenvalue weighted by Crippen LogP contribution is 2.14. The molecule has 1 fully saturated rings. The molecule has 0 radical (unpaired) electrons. The van der Waals surface area contributed by atoms with Crippen molar-refractivity contribution in [2.45, 2.75) is 6.10 Å². The SMILES string of the molecule is OCCSCC1CO1. The molecule has 3 heteroatoms. The summed E-state index contributed by atoms with van der Waals surface area (Å²) in [6, 6.07) is 0. The average molecular weight is 134 g/mol. The summed E-state index contributed by atoms with van der Waals surface area (Å²) in [5.41, 5.74) is 0. The molecule has 2 nitrogen and oxygen atoms in total. The van der Waals surface area contributed by atoms with Gasteiger partial charge in [-0.25, -0.2) is 0 Å². The van der Waals surface area contributed by atoms with Crippen molar-refractivity contribution in [3.8, 4) is 0 Å². The van der Waals surface area contributed by atoms with Crippen molar-refractivity contribution in [1.29, 1.82) is 0 Å². The Kier molecular flexibility index (Phi) is 2.66. The molecule has 1 saturated heterocycles. The van der Waals surface area contributed by atoms with Crippen LogP contribution < -0.4 is 0 Å². The number of aliphatic hydroxyl groups is 1. The Morgan fingerprint density at radius 3 is 3.00 bits per heavy atom. The molecule has 48 valence electrons. The molecule has 0 aromatic carbocycles. The quantitative estimate of drug-likeness (QED) is 0.437. The van der Waals surface area contributed by atoms with E-state index in [0.29, 0.717) is 6.10 Å². The lowest BCUT2D eigenvalue weighted by atomic mass is 10.6. The first-order chi connectivity index (χ1) is 3.93. The minimum atomic E-state index is 0.289. The van der Waals surface area contributed by atoms with Crippen LogP contribution in [0.3, 0.4) is 0 Å². The first-order valence-corrected chi connectivity index (χ1v) is 3.89. The first kappa shape index (κ1) is 6.39. The number of rotatable bonds is 4. The van der Waals surface area contributed by atoms with Gasteiger partial charge in [0.2, 0.25) is 0 Å². The Labute approximate surface area is 53.2 Å². The van der Waals surface area contributed by atoms with E-state index in [4.69, 9.17) is 9.84 Å². The maximum Gasteiger partial charge on any atom is 0.0900 e. The molecule has 0 saturated carbocycles. The number of epoxide rings is 1. The van der Waals surface area contributed by atoms with Gasteiger partial charge in [0, 0.05) is 11.5 Å². The first-order valence-electron chi connectivity index (χ1n) is 2.73. The van der Waals surface area contributed by atoms with Crippen LogP contribution in [0.4, 0.5) is 0 Å². The fourth-order valence-electron chi connectivity index (χ4n) is 0.444. The van der Waals surface area contributed by atoms with Crippen molar-refractivity contribution in [2.75, 3.05) is 24.7 Å². The largest absolute Gasteiger partial charge is 0.396 e. The smallest absolute Gasteiger partial charge is 0.0900 e. The molecule has 1 aliphatic heterocycles. The maximum atomic E-state index is 8.34. The standard InChI is InChI=1S/C5H10O2S/c6-1-2-8-4-5-3-7-5/h5-6H,1-4H2. The molecule has 1 heterocycles. The highest BCUT2D eigenvalue weighted by Gasteiger charge is 2.21. The lowest BCUT2D eigenvalue weighted by Crippen LogP contribution is -1.93. The van der Waals surface area contributed by atoms with E-state index in [1.165, 1.54) is 0 Å². The summed E-state index contributed by atoms with van der Waals surface area (Å²) in [5, 5.41) is 8.34. The van der Waals surface area contributed by atoms with Crippen molar-refractivity contribution in [2.24, 2.45) is 0 Å². The van der Waals surface area contributed by atoms with Crippen LogP contribution in [-0.4, -0.2) is 35.9 Å². The van der Waals surface area contributed by atoms with Gasteiger partial charge >= 0.3 is 0 Å². The van der Waals surface area contributed by atoms with Gasteiger partial charge < -0.3 is 9.84 Å². The Bertz CT molecular complexity index is 63.4. The molecule has 0 aromatic rings. The minimum Gasteiger partial charge on any atom is -0.396 e. The Hall–Kier alpha value is 0.270. The van der Waals surface area contributed by atoms with Gasteiger partial charge in [0.1, 0.15) is 0 Å². The van der Waals surface area contributed by atoms with Gasteiger partial charge in [0.05, 0.1) is 19.3 Å². The molecule has 0 bridgehead atoms. The van der Waals surface area contributed by atoms with Gasteiger partial charge in [-0.3, -0.25) is 0 Å². The number of aliphatic hydroxyl groups excluding tert-OH is 1. The molecule has 0 amide bonds. The summed E-state index contributed by atoms with van der Waals surface area (Å²) in [7, 11) is 0. The zero-order valence-corrected chi connectivity index (χ0v) is 5.49. The van der Waals surface area contributed by atoms with E-state index in [1.54, 1.807) is 11.8 Å². The van der Waals surface area contributed by atoms with Crippen LogP contribution in [-0.2, 0) is 4.74 Å². The molecule has 1 unspecified atom stereocenters. The second kappa shape index (κ2) is 3.33. The minimum absolute atomic E-state index is 0.289. The third-order valence-corrected chi connectivity index (χ3v) is 2.02. The van der Waals surface area contributed by atoms with E-state index in [9.17, 15) is 0 Å². The Morgan fingerprint density at radius 2 is 2.50 bits per heavy atom. The van der Waals surface area contributed by atoms with E-state index in [1.807, 2.05) is 0 Å². The van der Waals surface area contributed by atoms with Crippen molar-refractivity contribution >= 4 is 11.8 Å². The lowest BCUT2D eigenvalue weighted by Gasteiger charge is -1.91. The predicted molar refractivity (Wildman–Crippen MR) is 34.2 cm³/mol. The van der Waals surface area contributed by atoms with Crippen LogP contribution in [0, 0.1) is 0 Å². The van der Waals surface area contributed by atoms with Crippen molar-refractivity contribution in [3.63, 3.8) is 0 Å². The van der Waals surface area contributed by atoms with Crippen LogP contribution in [0.2, 0.25) is 0 Å². The van der Waals surface area contributed by atoms with Gasteiger partial charge in [-0.1, -0.05) is 0 Å². The fourth-order valence-corrected chi connectivity index (χ4v) is 1.19. The maximum absolute atomic E-state index is 8.34. The molecule has 0 aliphatic carbocycles. The number of hydrogen-bond acceptors (Lipinski definition) is 3. The summed E-state index contributed by atoms with van der Waals surface area (Å²) in [5.74, 6) is 1.90.